The van der Waals surface area contributed by atoms with Crippen molar-refractivity contribution in [3.63, 3.8) is 0 Å². The number of quaternary nitrogens is 1. The third-order valence-corrected chi connectivity index (χ3v) is 7.08. The van der Waals surface area contributed by atoms with Crippen LogP contribution in [0.1, 0.15) is 15.9 Å². The van der Waals surface area contributed by atoms with E-state index in [-0.39, 0.29) is 15.9 Å². The molecule has 0 unspecified atom stereocenters. The van der Waals surface area contributed by atoms with Crippen LogP contribution in [0.5, 0.6) is 0 Å². The molecule has 8 heteroatoms. The highest BCUT2D eigenvalue weighted by Crippen LogP contribution is 2.24. The molecule has 27 heavy (non-hydrogen) atoms. The Bertz CT molecular complexity index is 925. The first-order valence-corrected chi connectivity index (χ1v) is 10.5. The minimum atomic E-state index is -3.58. The quantitative estimate of drug-likeness (QED) is 0.754. The van der Waals surface area contributed by atoms with Crippen LogP contribution in [0.15, 0.2) is 53.4 Å². The van der Waals surface area contributed by atoms with Crippen LogP contribution in [-0.4, -0.2) is 52.0 Å². The van der Waals surface area contributed by atoms with Crippen LogP contribution in [-0.2, 0) is 21.3 Å². The van der Waals surface area contributed by atoms with Crippen molar-refractivity contribution >= 4 is 27.6 Å². The highest BCUT2D eigenvalue weighted by molar-refractivity contribution is 7.89. The van der Waals surface area contributed by atoms with Gasteiger partial charge in [0.1, 0.15) is 11.4 Å². The van der Waals surface area contributed by atoms with Crippen LogP contribution >= 0.6 is 11.6 Å². The Labute approximate surface area is 164 Å². The smallest absolute Gasteiger partial charge is 0.337 e. The van der Waals surface area contributed by atoms with Crippen LogP contribution in [0.4, 0.5) is 0 Å². The Morgan fingerprint density at radius 2 is 1.85 bits per heavy atom. The summed E-state index contributed by atoms with van der Waals surface area (Å²) in [7, 11) is -2.22. The molecule has 0 aromatic heterocycles. The van der Waals surface area contributed by atoms with Gasteiger partial charge in [0.15, 0.2) is 0 Å². The third-order valence-electron chi connectivity index (χ3n) is 4.69. The number of nitrogens with zero attached hydrogens (tertiary/aromatic N) is 1. The Hall–Kier alpha value is -1.93. The molecule has 0 aliphatic carbocycles. The van der Waals surface area contributed by atoms with Crippen molar-refractivity contribution in [3.8, 4) is 0 Å². The lowest BCUT2D eigenvalue weighted by molar-refractivity contribution is -0.917. The molecule has 1 N–H and O–H groups in total. The molecule has 3 rings (SSSR count). The van der Waals surface area contributed by atoms with E-state index in [0.717, 1.165) is 12.1 Å². The molecule has 0 radical (unpaired) electrons. The van der Waals surface area contributed by atoms with Crippen LogP contribution in [0.25, 0.3) is 0 Å². The molecular formula is C19H22ClN2O4S+. The molecule has 2 aromatic carbocycles. The first-order chi connectivity index (χ1) is 12.9. The van der Waals surface area contributed by atoms with Gasteiger partial charge in [0, 0.05) is 5.56 Å². The van der Waals surface area contributed by atoms with Gasteiger partial charge in [-0.3, -0.25) is 0 Å². The van der Waals surface area contributed by atoms with Gasteiger partial charge >= 0.3 is 5.97 Å². The topological polar surface area (TPSA) is 68.1 Å². The molecule has 2 aromatic rings. The maximum atomic E-state index is 12.8. The van der Waals surface area contributed by atoms with Gasteiger partial charge in [0.2, 0.25) is 10.0 Å². The first-order valence-electron chi connectivity index (χ1n) is 8.67. The van der Waals surface area contributed by atoms with Crippen LogP contribution in [0.3, 0.4) is 0 Å². The molecule has 0 amide bonds. The van der Waals surface area contributed by atoms with E-state index in [4.69, 9.17) is 16.3 Å². The monoisotopic (exact) mass is 409 g/mol. The maximum Gasteiger partial charge on any atom is 0.337 e. The van der Waals surface area contributed by atoms with Gasteiger partial charge in [-0.2, -0.15) is 4.31 Å². The fraction of sp³-hybridized carbons (Fsp3) is 0.316. The number of ether oxygens (including phenoxy) is 1. The lowest BCUT2D eigenvalue weighted by atomic mass is 10.1. The number of rotatable bonds is 5. The highest BCUT2D eigenvalue weighted by atomic mass is 35.5. The van der Waals surface area contributed by atoms with Gasteiger partial charge in [-0.15, -0.1) is 0 Å². The van der Waals surface area contributed by atoms with E-state index in [2.05, 4.69) is 0 Å². The summed E-state index contributed by atoms with van der Waals surface area (Å²) in [5, 5.41) is 0.243. The average molecular weight is 410 g/mol. The predicted octanol–water partition coefficient (Wildman–Crippen LogP) is 1.22. The molecule has 6 nitrogen and oxygen atoms in total. The standard InChI is InChI=1S/C19H21ClN2O4S/c1-26-19(23)16-6-4-5-15(13-16)14-21-9-11-22(12-10-21)27(24,25)18-8-3-2-7-17(18)20/h2-8,13H,9-12,14H2,1H3/p+1. The SMILES string of the molecule is COC(=O)c1cccc(C[NH+]2CCN(S(=O)(=O)c3ccccc3Cl)CC2)c1. The van der Waals surface area contributed by atoms with E-state index in [9.17, 15) is 13.2 Å². The Kier molecular flexibility index (Phi) is 6.16. The summed E-state index contributed by atoms with van der Waals surface area (Å²) in [6.45, 7) is 2.96. The largest absolute Gasteiger partial charge is 0.465 e. The minimum absolute atomic E-state index is 0.154. The average Bonchev–Trinajstić information content (AvgIpc) is 2.68. The number of hydrogen-bond acceptors (Lipinski definition) is 4. The molecule has 0 saturated carbocycles. The van der Waals surface area contributed by atoms with Crippen molar-refractivity contribution < 1.29 is 22.8 Å². The zero-order valence-corrected chi connectivity index (χ0v) is 16.6. The number of methoxy groups -OCH3 is 1. The van der Waals surface area contributed by atoms with Gasteiger partial charge in [-0.05, 0) is 24.3 Å². The number of piperazine rings is 1. The molecule has 0 bridgehead atoms. The van der Waals surface area contributed by atoms with Gasteiger partial charge in [-0.1, -0.05) is 35.9 Å². The number of hydrogen-bond donors (Lipinski definition) is 1. The molecule has 0 atom stereocenters. The molecule has 1 fully saturated rings. The fourth-order valence-electron chi connectivity index (χ4n) is 3.23. The van der Waals surface area contributed by atoms with Gasteiger partial charge in [0.05, 0.1) is 43.9 Å². The van der Waals surface area contributed by atoms with Crippen LogP contribution < -0.4 is 4.90 Å². The van der Waals surface area contributed by atoms with Crippen molar-refractivity contribution in [1.29, 1.82) is 0 Å². The molecule has 144 valence electrons. The second-order valence-corrected chi connectivity index (χ2v) is 8.77. The zero-order valence-electron chi connectivity index (χ0n) is 15.0. The number of carbonyl (C=O) groups is 1. The van der Waals surface area contributed by atoms with E-state index in [0.29, 0.717) is 31.7 Å². The van der Waals surface area contributed by atoms with E-state index < -0.39 is 10.0 Å². The third kappa shape index (κ3) is 4.50. The summed E-state index contributed by atoms with van der Waals surface area (Å²) in [5.74, 6) is -0.359. The van der Waals surface area contributed by atoms with E-state index in [1.54, 1.807) is 24.3 Å². The summed E-state index contributed by atoms with van der Waals surface area (Å²) in [6, 6.07) is 13.9. The van der Waals surface area contributed by atoms with E-state index in [1.807, 2.05) is 18.2 Å². The number of nitrogens with one attached hydrogen (secondary N) is 1. The van der Waals surface area contributed by atoms with Crippen LogP contribution in [0.2, 0.25) is 5.02 Å². The minimum Gasteiger partial charge on any atom is -0.465 e. The molecule has 0 spiro atoms. The van der Waals surface area contributed by atoms with Crippen molar-refractivity contribution in [3.05, 3.63) is 64.7 Å². The van der Waals surface area contributed by atoms with E-state index >= 15 is 0 Å². The predicted molar refractivity (Wildman–Crippen MR) is 102 cm³/mol. The number of carbonyl (C=O) groups excluding carboxylic acids is 1. The first kappa shape index (κ1) is 19.8. The molecule has 1 heterocycles. The number of sulfonamides is 1. The van der Waals surface area contributed by atoms with Crippen molar-refractivity contribution in [2.75, 3.05) is 33.3 Å². The summed E-state index contributed by atoms with van der Waals surface area (Å²) in [6.07, 6.45) is 0. The lowest BCUT2D eigenvalue weighted by Crippen LogP contribution is -3.13. The van der Waals surface area contributed by atoms with Gasteiger partial charge in [0.25, 0.3) is 0 Å². The highest BCUT2D eigenvalue weighted by Gasteiger charge is 2.31. The molecule has 1 aliphatic rings. The Morgan fingerprint density at radius 3 is 2.52 bits per heavy atom. The molecule has 1 aliphatic heterocycles. The van der Waals surface area contributed by atoms with E-state index in [1.165, 1.54) is 22.4 Å². The zero-order chi connectivity index (χ0) is 19.4. The van der Waals surface area contributed by atoms with Gasteiger partial charge < -0.3 is 9.64 Å². The lowest BCUT2D eigenvalue weighted by Gasteiger charge is -2.31. The fourth-order valence-corrected chi connectivity index (χ4v) is 5.16. The molecular weight excluding hydrogens is 388 g/mol. The Balaban J connectivity index is 1.64. The summed E-state index contributed by atoms with van der Waals surface area (Å²) >= 11 is 6.07. The van der Waals surface area contributed by atoms with Crippen molar-refractivity contribution in [2.45, 2.75) is 11.4 Å². The summed E-state index contributed by atoms with van der Waals surface area (Å²) < 4.78 is 31.9. The maximum absolute atomic E-state index is 12.8. The van der Waals surface area contributed by atoms with Gasteiger partial charge in [-0.25, -0.2) is 13.2 Å². The number of benzene rings is 2. The van der Waals surface area contributed by atoms with Crippen LogP contribution in [0, 0.1) is 0 Å². The van der Waals surface area contributed by atoms with Crippen molar-refractivity contribution in [2.24, 2.45) is 0 Å². The van der Waals surface area contributed by atoms with Crippen molar-refractivity contribution in [1.82, 2.24) is 4.31 Å². The number of esters is 1. The Morgan fingerprint density at radius 1 is 1.15 bits per heavy atom. The second kappa shape index (κ2) is 8.39. The summed E-state index contributed by atoms with van der Waals surface area (Å²) in [4.78, 5) is 13.1. The molecule has 1 saturated heterocycles. The second-order valence-electron chi connectivity index (χ2n) is 6.45. The number of halogens is 1. The summed E-state index contributed by atoms with van der Waals surface area (Å²) in [5.41, 5.74) is 1.55. The normalized spacial score (nSPS) is 16.2.